The molecule has 4 nitrogen and oxygen atoms in total. The summed E-state index contributed by atoms with van der Waals surface area (Å²) in [4.78, 5) is 2.47. The molecule has 2 rings (SSSR count). The van der Waals surface area contributed by atoms with Crippen molar-refractivity contribution in [2.24, 2.45) is 0 Å². The molecular formula is C14H24N2O2. The normalized spacial score (nSPS) is 25.5. The van der Waals surface area contributed by atoms with E-state index in [1.54, 1.807) is 0 Å². The van der Waals surface area contributed by atoms with Crippen molar-refractivity contribution < 1.29 is 9.15 Å². The molecular weight excluding hydrogens is 228 g/mol. The van der Waals surface area contributed by atoms with Crippen molar-refractivity contribution in [3.05, 3.63) is 23.7 Å². The molecule has 102 valence electrons. The Balaban J connectivity index is 1.96. The molecule has 1 fully saturated rings. The molecule has 0 spiro atoms. The molecule has 0 radical (unpaired) electrons. The van der Waals surface area contributed by atoms with Crippen LogP contribution in [0.3, 0.4) is 0 Å². The van der Waals surface area contributed by atoms with Crippen molar-refractivity contribution in [1.82, 2.24) is 10.2 Å². The second kappa shape index (κ2) is 6.36. The predicted molar refractivity (Wildman–Crippen MR) is 71.4 cm³/mol. The topological polar surface area (TPSA) is 37.6 Å². The van der Waals surface area contributed by atoms with Crippen molar-refractivity contribution in [2.75, 3.05) is 20.2 Å². The molecule has 0 saturated carbocycles. The molecule has 0 bridgehead atoms. The maximum absolute atomic E-state index is 5.81. The lowest BCUT2D eigenvalue weighted by molar-refractivity contribution is -0.0611. The molecule has 1 saturated heterocycles. The van der Waals surface area contributed by atoms with Crippen LogP contribution in [0.1, 0.15) is 31.8 Å². The third-order valence-electron chi connectivity index (χ3n) is 3.48. The summed E-state index contributed by atoms with van der Waals surface area (Å²) in [6.45, 7) is 7.84. The molecule has 1 N–H and O–H groups in total. The highest BCUT2D eigenvalue weighted by Crippen LogP contribution is 2.19. The van der Waals surface area contributed by atoms with E-state index in [0.29, 0.717) is 12.1 Å². The van der Waals surface area contributed by atoms with Gasteiger partial charge >= 0.3 is 0 Å². The first-order valence-electron chi connectivity index (χ1n) is 6.80. The first kappa shape index (κ1) is 13.6. The highest BCUT2D eigenvalue weighted by Gasteiger charge is 2.26. The Labute approximate surface area is 109 Å². The largest absolute Gasteiger partial charge is 0.463 e. The van der Waals surface area contributed by atoms with Crippen molar-refractivity contribution in [3.63, 3.8) is 0 Å². The predicted octanol–water partition coefficient (Wildman–Crippen LogP) is 2.00. The third-order valence-corrected chi connectivity index (χ3v) is 3.48. The van der Waals surface area contributed by atoms with Gasteiger partial charge in [0, 0.05) is 12.6 Å². The molecule has 0 aromatic carbocycles. The van der Waals surface area contributed by atoms with Crippen LogP contribution in [0.4, 0.5) is 0 Å². The van der Waals surface area contributed by atoms with E-state index >= 15 is 0 Å². The van der Waals surface area contributed by atoms with Crippen LogP contribution in [0.5, 0.6) is 0 Å². The van der Waals surface area contributed by atoms with Gasteiger partial charge in [-0.15, -0.1) is 0 Å². The van der Waals surface area contributed by atoms with Crippen LogP contribution in [0.15, 0.2) is 16.5 Å². The van der Waals surface area contributed by atoms with Gasteiger partial charge in [0.2, 0.25) is 0 Å². The van der Waals surface area contributed by atoms with Crippen LogP contribution < -0.4 is 5.32 Å². The van der Waals surface area contributed by atoms with Crippen LogP contribution in [0, 0.1) is 0 Å². The number of ether oxygens (including phenoxy) is 1. The fourth-order valence-corrected chi connectivity index (χ4v) is 2.46. The maximum Gasteiger partial charge on any atom is 0.118 e. The van der Waals surface area contributed by atoms with Crippen LogP contribution in [-0.2, 0) is 17.8 Å². The molecule has 2 unspecified atom stereocenters. The Bertz CT molecular complexity index is 364. The minimum absolute atomic E-state index is 0.319. The van der Waals surface area contributed by atoms with E-state index in [4.69, 9.17) is 9.15 Å². The zero-order chi connectivity index (χ0) is 13.0. The van der Waals surface area contributed by atoms with Gasteiger partial charge in [-0.1, -0.05) is 6.92 Å². The van der Waals surface area contributed by atoms with Gasteiger partial charge in [-0.25, -0.2) is 0 Å². The summed E-state index contributed by atoms with van der Waals surface area (Å²) in [5, 5.41) is 3.10. The van der Waals surface area contributed by atoms with Gasteiger partial charge in [0.1, 0.15) is 11.5 Å². The van der Waals surface area contributed by atoms with Crippen molar-refractivity contribution in [1.29, 1.82) is 0 Å². The number of nitrogens with zero attached hydrogens (tertiary/aromatic N) is 1. The monoisotopic (exact) mass is 252 g/mol. The van der Waals surface area contributed by atoms with Gasteiger partial charge in [-0.05, 0) is 32.5 Å². The SMILES string of the molecule is CCC1COC(C)CN1Cc1ccc(CNC)o1. The Morgan fingerprint density at radius 2 is 2.17 bits per heavy atom. The van der Waals surface area contributed by atoms with Crippen LogP contribution >= 0.6 is 0 Å². The lowest BCUT2D eigenvalue weighted by Crippen LogP contribution is -2.47. The number of rotatable bonds is 5. The summed E-state index contributed by atoms with van der Waals surface area (Å²) in [6, 6.07) is 4.65. The molecule has 2 atom stereocenters. The average Bonchev–Trinajstić information content (AvgIpc) is 2.77. The van der Waals surface area contributed by atoms with Crippen LogP contribution in [-0.4, -0.2) is 37.2 Å². The average molecular weight is 252 g/mol. The van der Waals surface area contributed by atoms with E-state index in [1.165, 1.54) is 0 Å². The van der Waals surface area contributed by atoms with E-state index in [0.717, 1.165) is 44.2 Å². The molecule has 1 aliphatic heterocycles. The molecule has 1 aromatic rings. The minimum Gasteiger partial charge on any atom is -0.463 e. The minimum atomic E-state index is 0.319. The summed E-state index contributed by atoms with van der Waals surface area (Å²) >= 11 is 0. The fraction of sp³-hybridized carbons (Fsp3) is 0.714. The van der Waals surface area contributed by atoms with Gasteiger partial charge in [0.15, 0.2) is 0 Å². The zero-order valence-electron chi connectivity index (χ0n) is 11.6. The number of morpholine rings is 1. The highest BCUT2D eigenvalue weighted by atomic mass is 16.5. The number of nitrogens with one attached hydrogen (secondary N) is 1. The molecule has 1 aliphatic rings. The van der Waals surface area contributed by atoms with Crippen molar-refractivity contribution >= 4 is 0 Å². The van der Waals surface area contributed by atoms with Gasteiger partial charge in [0.05, 0.1) is 25.8 Å². The molecule has 1 aromatic heterocycles. The first-order valence-corrected chi connectivity index (χ1v) is 6.80. The van der Waals surface area contributed by atoms with E-state index in [9.17, 15) is 0 Å². The van der Waals surface area contributed by atoms with E-state index in [1.807, 2.05) is 7.05 Å². The van der Waals surface area contributed by atoms with E-state index < -0.39 is 0 Å². The molecule has 0 amide bonds. The molecule has 0 aliphatic carbocycles. The Hall–Kier alpha value is -0.840. The highest BCUT2D eigenvalue weighted by molar-refractivity contribution is 5.07. The summed E-state index contributed by atoms with van der Waals surface area (Å²) < 4.78 is 11.5. The standard InChI is InChI=1S/C14H24N2O2/c1-4-12-10-17-11(2)8-16(12)9-14-6-5-13(18-14)7-15-3/h5-6,11-12,15H,4,7-10H2,1-3H3. The number of furan rings is 1. The van der Waals surface area contributed by atoms with Gasteiger partial charge in [0.25, 0.3) is 0 Å². The summed E-state index contributed by atoms with van der Waals surface area (Å²) in [7, 11) is 1.93. The number of hydrogen-bond donors (Lipinski definition) is 1. The van der Waals surface area contributed by atoms with E-state index in [-0.39, 0.29) is 0 Å². The second-order valence-corrected chi connectivity index (χ2v) is 5.03. The Morgan fingerprint density at radius 3 is 2.89 bits per heavy atom. The van der Waals surface area contributed by atoms with E-state index in [2.05, 4.69) is 36.2 Å². The van der Waals surface area contributed by atoms with Crippen molar-refractivity contribution in [3.8, 4) is 0 Å². The smallest absolute Gasteiger partial charge is 0.118 e. The fourth-order valence-electron chi connectivity index (χ4n) is 2.46. The van der Waals surface area contributed by atoms with Crippen LogP contribution in [0.25, 0.3) is 0 Å². The first-order chi connectivity index (χ1) is 8.72. The maximum atomic E-state index is 5.81. The van der Waals surface area contributed by atoms with Gasteiger partial charge in [-0.3, -0.25) is 4.90 Å². The van der Waals surface area contributed by atoms with Gasteiger partial charge in [-0.2, -0.15) is 0 Å². The summed E-state index contributed by atoms with van der Waals surface area (Å²) in [5.74, 6) is 2.05. The van der Waals surface area contributed by atoms with Gasteiger partial charge < -0.3 is 14.5 Å². The quantitative estimate of drug-likeness (QED) is 0.870. The molecule has 4 heteroatoms. The molecule has 2 heterocycles. The molecule has 18 heavy (non-hydrogen) atoms. The second-order valence-electron chi connectivity index (χ2n) is 5.03. The summed E-state index contributed by atoms with van der Waals surface area (Å²) in [5.41, 5.74) is 0. The zero-order valence-corrected chi connectivity index (χ0v) is 11.6. The Kier molecular flexibility index (Phi) is 4.80. The third kappa shape index (κ3) is 3.34. The van der Waals surface area contributed by atoms with Crippen LogP contribution in [0.2, 0.25) is 0 Å². The summed E-state index contributed by atoms with van der Waals surface area (Å²) in [6.07, 6.45) is 1.44. The Morgan fingerprint density at radius 1 is 1.39 bits per heavy atom. The lowest BCUT2D eigenvalue weighted by Gasteiger charge is -2.37. The van der Waals surface area contributed by atoms with Crippen molar-refractivity contribution in [2.45, 2.75) is 45.5 Å². The lowest BCUT2D eigenvalue weighted by atomic mass is 10.1. The number of hydrogen-bond acceptors (Lipinski definition) is 4.